The van der Waals surface area contributed by atoms with Gasteiger partial charge in [0.25, 0.3) is 5.69 Å². The molecule has 1 aromatic heterocycles. The third kappa shape index (κ3) is 3.48. The zero-order chi connectivity index (χ0) is 23.1. The van der Waals surface area contributed by atoms with Crippen LogP contribution in [0.2, 0.25) is 0 Å². The van der Waals surface area contributed by atoms with Gasteiger partial charge in [0.05, 0.1) is 4.92 Å². The second kappa shape index (κ2) is 8.21. The molecule has 1 aliphatic carbocycles. The van der Waals surface area contributed by atoms with Gasteiger partial charge in [-0.15, -0.1) is 0 Å². The molecule has 2 aromatic carbocycles. The third-order valence-corrected chi connectivity index (χ3v) is 6.38. The molecule has 3 aromatic rings. The highest BCUT2D eigenvalue weighted by Crippen LogP contribution is 2.30. The summed E-state index contributed by atoms with van der Waals surface area (Å²) in [5, 5.41) is 23.8. The minimum Gasteiger partial charge on any atom is -0.791 e. The van der Waals surface area contributed by atoms with Gasteiger partial charge in [0.15, 0.2) is 0 Å². The molecule has 0 spiro atoms. The Labute approximate surface area is 189 Å². The van der Waals surface area contributed by atoms with E-state index < -0.39 is 5.78 Å². The van der Waals surface area contributed by atoms with Gasteiger partial charge < -0.3 is 15.0 Å². The summed E-state index contributed by atoms with van der Waals surface area (Å²) in [6.45, 7) is 3.88. The van der Waals surface area contributed by atoms with Crippen LogP contribution in [0.15, 0.2) is 48.5 Å². The number of para-hydroxylation sites is 2. The highest BCUT2D eigenvalue weighted by atomic mass is 16.6. The summed E-state index contributed by atoms with van der Waals surface area (Å²) in [6, 6.07) is 13.3. The normalized spacial score (nSPS) is 16.1. The second-order valence-electron chi connectivity index (χ2n) is 8.23. The molecular formula is C23H22N5O5-. The van der Waals surface area contributed by atoms with Crippen molar-refractivity contribution in [2.75, 3.05) is 37.6 Å². The zero-order valence-electron chi connectivity index (χ0n) is 17.8. The number of hydrogen-bond acceptors (Lipinski definition) is 7. The Bertz CT molecular complexity index is 1250. The van der Waals surface area contributed by atoms with Crippen molar-refractivity contribution in [3.63, 3.8) is 0 Å². The molecule has 10 heteroatoms. The monoisotopic (exact) mass is 448 g/mol. The third-order valence-electron chi connectivity index (χ3n) is 6.38. The van der Waals surface area contributed by atoms with Gasteiger partial charge in [0.1, 0.15) is 17.1 Å². The van der Waals surface area contributed by atoms with Gasteiger partial charge in [0, 0.05) is 56.5 Å². The van der Waals surface area contributed by atoms with Crippen molar-refractivity contribution in [3.8, 4) is 0 Å². The Morgan fingerprint density at radius 3 is 2.09 bits per heavy atom. The molecule has 2 aliphatic rings. The van der Waals surface area contributed by atoms with Gasteiger partial charge in [-0.25, -0.2) is 0 Å². The Morgan fingerprint density at radius 1 is 0.818 bits per heavy atom. The molecule has 0 amide bonds. The fraction of sp³-hybridized carbons (Fsp3) is 0.304. The summed E-state index contributed by atoms with van der Waals surface area (Å²) in [5.74, 6) is -0.692. The largest absolute Gasteiger partial charge is 0.791 e. The van der Waals surface area contributed by atoms with E-state index in [0.717, 1.165) is 19.6 Å². The molecule has 170 valence electrons. The molecule has 10 nitrogen and oxygen atoms in total. The number of benzene rings is 2. The molecule has 1 fully saturated rings. The fourth-order valence-electron chi connectivity index (χ4n) is 4.68. The number of nitrogens with zero attached hydrogens (tertiary/aromatic N) is 5. The summed E-state index contributed by atoms with van der Waals surface area (Å²) in [5.41, 5.74) is 1.47. The van der Waals surface area contributed by atoms with Crippen molar-refractivity contribution < 1.29 is 14.5 Å². The van der Waals surface area contributed by atoms with E-state index in [0.29, 0.717) is 42.2 Å². The number of aromatic nitrogens is 2. The molecule has 0 bridgehead atoms. The van der Waals surface area contributed by atoms with Gasteiger partial charge in [-0.05, 0) is 12.5 Å². The number of nitro benzene ring substituents is 1. The number of hydrogen-bond donors (Lipinski definition) is 0. The lowest BCUT2D eigenvalue weighted by molar-refractivity contribution is -0.384. The molecule has 0 radical (unpaired) electrons. The van der Waals surface area contributed by atoms with Crippen LogP contribution in [-0.2, 0) is 6.54 Å². The smallest absolute Gasteiger partial charge is 0.292 e. The lowest BCUT2D eigenvalue weighted by atomic mass is 9.89. The summed E-state index contributed by atoms with van der Waals surface area (Å²) in [6.07, 6.45) is 0.643. The van der Waals surface area contributed by atoms with Crippen LogP contribution in [0.1, 0.15) is 38.5 Å². The first-order chi connectivity index (χ1) is 16.0. The first-order valence-corrected chi connectivity index (χ1v) is 10.9. The maximum atomic E-state index is 12.8. The number of anilines is 1. The molecule has 1 aliphatic heterocycles. The number of fused-ring (bicyclic) bond motifs is 2. The first kappa shape index (κ1) is 21.0. The van der Waals surface area contributed by atoms with Crippen LogP contribution < -0.4 is 4.90 Å². The molecule has 0 saturated carbocycles. The van der Waals surface area contributed by atoms with Crippen molar-refractivity contribution in [1.29, 1.82) is 0 Å². The number of nitro groups is 1. The van der Waals surface area contributed by atoms with E-state index in [1.54, 1.807) is 42.5 Å². The van der Waals surface area contributed by atoms with E-state index in [1.807, 2.05) is 4.90 Å². The fourth-order valence-corrected chi connectivity index (χ4v) is 4.68. The molecular weight excluding hydrogens is 426 g/mol. The number of rotatable bonds is 6. The highest BCUT2D eigenvalue weighted by molar-refractivity contribution is 6.27. The van der Waals surface area contributed by atoms with Gasteiger partial charge in [-0.1, -0.05) is 36.4 Å². The number of ketones is 2. The van der Waals surface area contributed by atoms with Crippen molar-refractivity contribution in [1.82, 2.24) is 14.4 Å². The molecule has 1 saturated heterocycles. The van der Waals surface area contributed by atoms with E-state index in [9.17, 15) is 24.9 Å². The van der Waals surface area contributed by atoms with E-state index in [-0.39, 0.29) is 33.3 Å². The standard InChI is InChI=1S/C23H22N5O5/c29-22-16-6-1-2-7-17(16)23(30)21-20(22)26(27(21)31)11-5-10-24-12-14-25(15-13-24)18-8-3-4-9-19(18)28(32)33/h1-4,6-9H,5,10-15H2/q-1. The maximum Gasteiger partial charge on any atom is 0.292 e. The summed E-state index contributed by atoms with van der Waals surface area (Å²) >= 11 is 0. The van der Waals surface area contributed by atoms with Crippen LogP contribution >= 0.6 is 0 Å². The lowest BCUT2D eigenvalue weighted by Gasteiger charge is -2.38. The maximum absolute atomic E-state index is 12.8. The summed E-state index contributed by atoms with van der Waals surface area (Å²) in [7, 11) is 0. The van der Waals surface area contributed by atoms with Crippen molar-refractivity contribution in [2.24, 2.45) is 0 Å². The SMILES string of the molecule is O=C1c2ccccc2C(=O)c2c1n([O-])n2CCCN1CCN(c2ccccc2[N+](=O)[O-])CC1. The van der Waals surface area contributed by atoms with Crippen LogP contribution in [0.3, 0.4) is 0 Å². The molecule has 0 unspecified atom stereocenters. The topological polar surface area (TPSA) is 117 Å². The number of piperazine rings is 1. The van der Waals surface area contributed by atoms with Crippen LogP contribution in [0.5, 0.6) is 0 Å². The summed E-state index contributed by atoms with van der Waals surface area (Å²) in [4.78, 5) is 41.1. The van der Waals surface area contributed by atoms with Crippen molar-refractivity contribution >= 4 is 22.9 Å². The van der Waals surface area contributed by atoms with E-state index >= 15 is 0 Å². The Hall–Kier alpha value is -3.92. The second-order valence-corrected chi connectivity index (χ2v) is 8.23. The quantitative estimate of drug-likeness (QED) is 0.329. The van der Waals surface area contributed by atoms with E-state index in [2.05, 4.69) is 4.90 Å². The Kier molecular flexibility index (Phi) is 5.21. The molecule has 0 atom stereocenters. The van der Waals surface area contributed by atoms with Crippen LogP contribution in [0.25, 0.3) is 0 Å². The van der Waals surface area contributed by atoms with Gasteiger partial charge in [-0.2, -0.15) is 0 Å². The van der Waals surface area contributed by atoms with Crippen molar-refractivity contribution in [3.05, 3.63) is 86.4 Å². The van der Waals surface area contributed by atoms with E-state index in [4.69, 9.17) is 0 Å². The Balaban J connectivity index is 1.19. The molecule has 33 heavy (non-hydrogen) atoms. The predicted molar refractivity (Wildman–Crippen MR) is 121 cm³/mol. The lowest BCUT2D eigenvalue weighted by Crippen LogP contribution is -2.47. The Morgan fingerprint density at radius 2 is 1.42 bits per heavy atom. The van der Waals surface area contributed by atoms with E-state index in [1.165, 1.54) is 10.7 Å². The van der Waals surface area contributed by atoms with Crippen LogP contribution in [-0.4, -0.2) is 63.6 Å². The van der Waals surface area contributed by atoms with Crippen LogP contribution in [0, 0.1) is 15.3 Å². The van der Waals surface area contributed by atoms with Crippen molar-refractivity contribution in [2.45, 2.75) is 13.0 Å². The number of carbonyl (C=O) groups is 2. The number of carbonyl (C=O) groups excluding carboxylic acids is 2. The average Bonchev–Trinajstić information content (AvgIpc) is 2.84. The average molecular weight is 448 g/mol. The van der Waals surface area contributed by atoms with Gasteiger partial charge in [0.2, 0.25) is 11.6 Å². The van der Waals surface area contributed by atoms with Gasteiger partial charge >= 0.3 is 0 Å². The van der Waals surface area contributed by atoms with Gasteiger partial charge in [-0.3, -0.25) is 29.3 Å². The first-order valence-electron chi connectivity index (χ1n) is 10.9. The summed E-state index contributed by atoms with van der Waals surface area (Å²) < 4.78 is 1.34. The minimum absolute atomic E-state index is 0.0724. The zero-order valence-corrected chi connectivity index (χ0v) is 17.8. The highest BCUT2D eigenvalue weighted by Gasteiger charge is 2.36. The molecule has 0 N–H and O–H groups in total. The minimum atomic E-state index is -0.405. The molecule has 2 heterocycles. The van der Waals surface area contributed by atoms with Crippen LogP contribution in [0.4, 0.5) is 11.4 Å². The molecule has 5 rings (SSSR count). The predicted octanol–water partition coefficient (Wildman–Crippen LogP) is 2.53.